The van der Waals surface area contributed by atoms with Gasteiger partial charge in [0.2, 0.25) is 5.91 Å². The van der Waals surface area contributed by atoms with Gasteiger partial charge in [-0.3, -0.25) is 9.59 Å². The van der Waals surface area contributed by atoms with Crippen molar-refractivity contribution in [3.05, 3.63) is 54.1 Å². The monoisotopic (exact) mass is 385 g/mol. The van der Waals surface area contributed by atoms with Crippen molar-refractivity contribution in [2.45, 2.75) is 13.8 Å². The van der Waals surface area contributed by atoms with Crippen molar-refractivity contribution in [2.75, 3.05) is 43.5 Å². The molecule has 0 saturated carbocycles. The lowest BCUT2D eigenvalue weighted by molar-refractivity contribution is -0.114. The predicted molar refractivity (Wildman–Crippen MR) is 110 cm³/mol. The molecule has 0 aromatic heterocycles. The quantitative estimate of drug-likeness (QED) is 0.518. The minimum atomic E-state index is -0.204. The largest absolute Gasteiger partial charge is 0.491 e. The number of hydrogen-bond donors (Lipinski definition) is 3. The van der Waals surface area contributed by atoms with Gasteiger partial charge < -0.3 is 25.4 Å². The number of benzene rings is 2. The average molecular weight is 385 g/mol. The Morgan fingerprint density at radius 1 is 0.964 bits per heavy atom. The summed E-state index contributed by atoms with van der Waals surface area (Å²) in [5.41, 5.74) is 1.89. The van der Waals surface area contributed by atoms with E-state index in [1.54, 1.807) is 24.3 Å². The Bertz CT molecular complexity index is 763. The van der Waals surface area contributed by atoms with E-state index in [9.17, 15) is 9.59 Å². The highest BCUT2D eigenvalue weighted by molar-refractivity contribution is 5.98. The first-order chi connectivity index (χ1) is 13.6. The van der Waals surface area contributed by atoms with Crippen LogP contribution in [0.15, 0.2) is 48.5 Å². The van der Waals surface area contributed by atoms with Crippen LogP contribution in [0.2, 0.25) is 0 Å². The van der Waals surface area contributed by atoms with Crippen LogP contribution >= 0.6 is 0 Å². The van der Waals surface area contributed by atoms with Crippen LogP contribution in [0.5, 0.6) is 5.75 Å². The van der Waals surface area contributed by atoms with Crippen LogP contribution in [-0.2, 0) is 9.53 Å². The average Bonchev–Trinajstić information content (AvgIpc) is 2.71. The fourth-order valence-electron chi connectivity index (χ4n) is 2.42. The zero-order valence-electron chi connectivity index (χ0n) is 16.3. The molecule has 0 saturated heterocycles. The smallest absolute Gasteiger partial charge is 0.251 e. The van der Waals surface area contributed by atoms with Crippen LogP contribution in [0.4, 0.5) is 11.4 Å². The van der Waals surface area contributed by atoms with E-state index < -0.39 is 0 Å². The number of carbonyl (C=O) groups excluding carboxylic acids is 2. The summed E-state index contributed by atoms with van der Waals surface area (Å²) in [6, 6.07) is 14.2. The van der Waals surface area contributed by atoms with Crippen molar-refractivity contribution in [2.24, 2.45) is 0 Å². The fourth-order valence-corrected chi connectivity index (χ4v) is 2.42. The molecular formula is C21H27N3O4. The molecule has 0 heterocycles. The number of amides is 2. The van der Waals surface area contributed by atoms with Crippen LogP contribution in [0.3, 0.4) is 0 Å². The highest BCUT2D eigenvalue weighted by atomic mass is 16.5. The first kappa shape index (κ1) is 21.2. The lowest BCUT2D eigenvalue weighted by Crippen LogP contribution is -2.24. The van der Waals surface area contributed by atoms with Crippen LogP contribution in [0.1, 0.15) is 24.2 Å². The second-order valence-corrected chi connectivity index (χ2v) is 5.91. The number of hydrogen-bond acceptors (Lipinski definition) is 5. The topological polar surface area (TPSA) is 88.7 Å². The highest BCUT2D eigenvalue weighted by Gasteiger charge is 2.07. The van der Waals surface area contributed by atoms with Gasteiger partial charge in [0.05, 0.1) is 13.2 Å². The van der Waals surface area contributed by atoms with Gasteiger partial charge >= 0.3 is 0 Å². The molecule has 150 valence electrons. The second-order valence-electron chi connectivity index (χ2n) is 5.91. The maximum absolute atomic E-state index is 12.1. The Labute approximate surface area is 165 Å². The highest BCUT2D eigenvalue weighted by Crippen LogP contribution is 2.16. The van der Waals surface area contributed by atoms with Crippen LogP contribution in [-0.4, -0.2) is 44.7 Å². The SMILES string of the molecule is CCNC(=O)c1cccc(NC(=O)CNc2ccc(OCCOCC)cc2)c1. The van der Waals surface area contributed by atoms with Crippen LogP contribution < -0.4 is 20.7 Å². The first-order valence-corrected chi connectivity index (χ1v) is 9.35. The summed E-state index contributed by atoms with van der Waals surface area (Å²) in [5, 5.41) is 8.57. The summed E-state index contributed by atoms with van der Waals surface area (Å²) < 4.78 is 10.8. The molecule has 0 radical (unpaired) electrons. The van der Waals surface area contributed by atoms with Gasteiger partial charge in [-0.05, 0) is 56.3 Å². The molecule has 2 aromatic carbocycles. The van der Waals surface area contributed by atoms with Gasteiger partial charge in [0, 0.05) is 30.1 Å². The summed E-state index contributed by atoms with van der Waals surface area (Å²) in [6.07, 6.45) is 0. The molecule has 7 heteroatoms. The Balaban J connectivity index is 1.79. The predicted octanol–water partition coefficient (Wildman–Crippen LogP) is 2.90. The summed E-state index contributed by atoms with van der Waals surface area (Å²) in [5.74, 6) is 0.377. The molecular weight excluding hydrogens is 358 g/mol. The van der Waals surface area contributed by atoms with E-state index in [-0.39, 0.29) is 18.4 Å². The summed E-state index contributed by atoms with van der Waals surface area (Å²) in [4.78, 5) is 24.0. The number of rotatable bonds is 11. The molecule has 0 bridgehead atoms. The third kappa shape index (κ3) is 7.28. The number of anilines is 2. The molecule has 28 heavy (non-hydrogen) atoms. The molecule has 2 aromatic rings. The van der Waals surface area contributed by atoms with E-state index in [1.165, 1.54) is 0 Å². The van der Waals surface area contributed by atoms with Gasteiger partial charge in [-0.2, -0.15) is 0 Å². The van der Waals surface area contributed by atoms with E-state index in [1.807, 2.05) is 38.1 Å². The molecule has 2 amide bonds. The van der Waals surface area contributed by atoms with Gasteiger partial charge in [0.25, 0.3) is 5.91 Å². The zero-order chi connectivity index (χ0) is 20.2. The maximum Gasteiger partial charge on any atom is 0.251 e. The van der Waals surface area contributed by atoms with Crippen molar-refractivity contribution in [3.63, 3.8) is 0 Å². The van der Waals surface area contributed by atoms with Gasteiger partial charge in [-0.1, -0.05) is 6.07 Å². The van der Waals surface area contributed by atoms with Crippen molar-refractivity contribution in [1.82, 2.24) is 5.32 Å². The van der Waals surface area contributed by atoms with E-state index >= 15 is 0 Å². The Kier molecular flexibility index (Phi) is 8.81. The van der Waals surface area contributed by atoms with E-state index in [0.29, 0.717) is 37.6 Å². The second kappa shape index (κ2) is 11.6. The molecule has 0 spiro atoms. The first-order valence-electron chi connectivity index (χ1n) is 9.35. The van der Waals surface area contributed by atoms with Crippen molar-refractivity contribution in [3.8, 4) is 5.75 Å². The van der Waals surface area contributed by atoms with E-state index in [2.05, 4.69) is 16.0 Å². The molecule has 3 N–H and O–H groups in total. The van der Waals surface area contributed by atoms with Gasteiger partial charge in [-0.25, -0.2) is 0 Å². The molecule has 7 nitrogen and oxygen atoms in total. The summed E-state index contributed by atoms with van der Waals surface area (Å²) in [7, 11) is 0. The summed E-state index contributed by atoms with van der Waals surface area (Å²) in [6.45, 7) is 6.18. The minimum Gasteiger partial charge on any atom is -0.491 e. The lowest BCUT2D eigenvalue weighted by atomic mass is 10.2. The molecule has 2 rings (SSSR count). The zero-order valence-corrected chi connectivity index (χ0v) is 16.3. The molecule has 0 unspecified atom stereocenters. The molecule has 0 aliphatic carbocycles. The minimum absolute atomic E-state index is 0.107. The van der Waals surface area contributed by atoms with Crippen LogP contribution in [0.25, 0.3) is 0 Å². The third-order valence-electron chi connectivity index (χ3n) is 3.75. The Morgan fingerprint density at radius 2 is 1.75 bits per heavy atom. The molecule has 0 atom stereocenters. The fraction of sp³-hybridized carbons (Fsp3) is 0.333. The van der Waals surface area contributed by atoms with E-state index in [4.69, 9.17) is 9.47 Å². The Hall–Kier alpha value is -3.06. The van der Waals surface area contributed by atoms with Crippen LogP contribution in [0, 0.1) is 0 Å². The normalized spacial score (nSPS) is 10.2. The lowest BCUT2D eigenvalue weighted by Gasteiger charge is -2.10. The number of ether oxygens (including phenoxy) is 2. The Morgan fingerprint density at radius 3 is 2.46 bits per heavy atom. The van der Waals surface area contributed by atoms with Crippen molar-refractivity contribution in [1.29, 1.82) is 0 Å². The standard InChI is InChI=1S/C21H27N3O4/c1-3-22-21(26)16-6-5-7-18(14-16)24-20(25)15-23-17-8-10-19(11-9-17)28-13-12-27-4-2/h5-11,14,23H,3-4,12-13,15H2,1-2H3,(H,22,26)(H,24,25). The molecule has 0 aliphatic heterocycles. The van der Waals surface area contributed by atoms with Gasteiger partial charge in [0.15, 0.2) is 0 Å². The third-order valence-corrected chi connectivity index (χ3v) is 3.75. The number of nitrogens with one attached hydrogen (secondary N) is 3. The summed E-state index contributed by atoms with van der Waals surface area (Å²) >= 11 is 0. The van der Waals surface area contributed by atoms with Gasteiger partial charge in [0.1, 0.15) is 12.4 Å². The molecule has 0 fully saturated rings. The maximum atomic E-state index is 12.1. The van der Waals surface area contributed by atoms with E-state index in [0.717, 1.165) is 11.4 Å². The van der Waals surface area contributed by atoms with Crippen molar-refractivity contribution < 1.29 is 19.1 Å². The number of carbonyl (C=O) groups is 2. The molecule has 0 aliphatic rings. The van der Waals surface area contributed by atoms with Gasteiger partial charge in [-0.15, -0.1) is 0 Å². The van der Waals surface area contributed by atoms with Crippen molar-refractivity contribution >= 4 is 23.2 Å².